The zero-order valence-electron chi connectivity index (χ0n) is 15.1. The molecular formula is C22H17BrN4O. The van der Waals surface area contributed by atoms with E-state index in [0.717, 1.165) is 15.7 Å². The molecule has 0 unspecified atom stereocenters. The minimum Gasteiger partial charge on any atom is -0.277 e. The number of para-hydroxylation sites is 1. The van der Waals surface area contributed by atoms with Crippen LogP contribution < -0.4 is 11.0 Å². The SMILES string of the molecule is CC(=Nc1ccc(Br)cc1)Nn1c(-c2ccccc2)nc2ccccc2c1=O. The summed E-state index contributed by atoms with van der Waals surface area (Å²) in [5, 5.41) is 0.547. The van der Waals surface area contributed by atoms with Crippen LogP contribution in [0.4, 0.5) is 5.69 Å². The van der Waals surface area contributed by atoms with Gasteiger partial charge in [0.15, 0.2) is 5.82 Å². The summed E-state index contributed by atoms with van der Waals surface area (Å²) in [7, 11) is 0. The first kappa shape index (κ1) is 18.1. The molecule has 138 valence electrons. The van der Waals surface area contributed by atoms with Crippen molar-refractivity contribution in [3.63, 3.8) is 0 Å². The molecule has 6 heteroatoms. The molecule has 3 aromatic carbocycles. The Kier molecular flexibility index (Phi) is 5.04. The second kappa shape index (κ2) is 7.78. The third-order valence-electron chi connectivity index (χ3n) is 4.20. The molecule has 0 aliphatic carbocycles. The fraction of sp³-hybridized carbons (Fsp3) is 0.0455. The lowest BCUT2D eigenvalue weighted by atomic mass is 10.2. The number of halogens is 1. The summed E-state index contributed by atoms with van der Waals surface area (Å²) in [6.07, 6.45) is 0. The van der Waals surface area contributed by atoms with Gasteiger partial charge < -0.3 is 0 Å². The number of rotatable bonds is 3. The first-order valence-electron chi connectivity index (χ1n) is 8.77. The molecule has 1 N–H and O–H groups in total. The lowest BCUT2D eigenvalue weighted by Gasteiger charge is -2.15. The minimum atomic E-state index is -0.171. The van der Waals surface area contributed by atoms with Crippen molar-refractivity contribution in [3.05, 3.63) is 93.7 Å². The van der Waals surface area contributed by atoms with E-state index in [-0.39, 0.29) is 5.56 Å². The maximum atomic E-state index is 13.2. The molecule has 1 aromatic heterocycles. The van der Waals surface area contributed by atoms with E-state index in [2.05, 4.69) is 26.3 Å². The Bertz CT molecular complexity index is 1210. The van der Waals surface area contributed by atoms with Gasteiger partial charge in [-0.25, -0.2) is 9.98 Å². The van der Waals surface area contributed by atoms with Crippen molar-refractivity contribution in [2.45, 2.75) is 6.92 Å². The summed E-state index contributed by atoms with van der Waals surface area (Å²) in [4.78, 5) is 22.4. The highest BCUT2D eigenvalue weighted by atomic mass is 79.9. The van der Waals surface area contributed by atoms with E-state index in [4.69, 9.17) is 4.98 Å². The number of nitrogens with zero attached hydrogens (tertiary/aromatic N) is 3. The fourth-order valence-corrected chi connectivity index (χ4v) is 3.18. The lowest BCUT2D eigenvalue weighted by Crippen LogP contribution is -2.34. The maximum Gasteiger partial charge on any atom is 0.280 e. The van der Waals surface area contributed by atoms with E-state index in [9.17, 15) is 4.79 Å². The molecule has 4 rings (SSSR count). The quantitative estimate of drug-likeness (QED) is 0.361. The van der Waals surface area contributed by atoms with Gasteiger partial charge in [-0.2, -0.15) is 4.68 Å². The average Bonchev–Trinajstić information content (AvgIpc) is 2.72. The summed E-state index contributed by atoms with van der Waals surface area (Å²) in [6, 6.07) is 24.6. The molecule has 0 atom stereocenters. The lowest BCUT2D eigenvalue weighted by molar-refractivity contribution is 0.903. The molecule has 1 heterocycles. The van der Waals surface area contributed by atoms with Crippen LogP contribution in [0.2, 0.25) is 0 Å². The smallest absolute Gasteiger partial charge is 0.277 e. The van der Waals surface area contributed by atoms with Crippen LogP contribution in [-0.4, -0.2) is 15.5 Å². The number of nitrogens with one attached hydrogen (secondary N) is 1. The number of aliphatic imine (C=N–C) groups is 1. The van der Waals surface area contributed by atoms with Crippen molar-refractivity contribution < 1.29 is 0 Å². The van der Waals surface area contributed by atoms with Crippen molar-refractivity contribution in [3.8, 4) is 11.4 Å². The van der Waals surface area contributed by atoms with Crippen LogP contribution in [0.25, 0.3) is 22.3 Å². The van der Waals surface area contributed by atoms with Gasteiger partial charge >= 0.3 is 0 Å². The predicted molar refractivity (Wildman–Crippen MR) is 118 cm³/mol. The third kappa shape index (κ3) is 3.73. The van der Waals surface area contributed by atoms with E-state index >= 15 is 0 Å². The molecule has 0 saturated heterocycles. The molecule has 4 aromatic rings. The monoisotopic (exact) mass is 432 g/mol. The van der Waals surface area contributed by atoms with Gasteiger partial charge in [0.05, 0.1) is 16.6 Å². The van der Waals surface area contributed by atoms with Crippen molar-refractivity contribution in [2.75, 3.05) is 5.43 Å². The van der Waals surface area contributed by atoms with E-state index in [1.165, 1.54) is 4.68 Å². The molecule has 28 heavy (non-hydrogen) atoms. The molecular weight excluding hydrogens is 416 g/mol. The van der Waals surface area contributed by atoms with Crippen LogP contribution in [0.15, 0.2) is 93.1 Å². The number of hydrogen-bond acceptors (Lipinski definition) is 3. The molecule has 0 spiro atoms. The molecule has 0 bridgehead atoms. The second-order valence-electron chi connectivity index (χ2n) is 6.24. The zero-order chi connectivity index (χ0) is 19.5. The van der Waals surface area contributed by atoms with Crippen LogP contribution in [0.5, 0.6) is 0 Å². The van der Waals surface area contributed by atoms with Crippen molar-refractivity contribution >= 4 is 38.4 Å². The van der Waals surface area contributed by atoms with Gasteiger partial charge in [-0.3, -0.25) is 10.2 Å². The highest BCUT2D eigenvalue weighted by molar-refractivity contribution is 9.10. The van der Waals surface area contributed by atoms with Crippen molar-refractivity contribution in [1.82, 2.24) is 9.66 Å². The van der Waals surface area contributed by atoms with Crippen LogP contribution in [0, 0.1) is 0 Å². The van der Waals surface area contributed by atoms with Gasteiger partial charge in [-0.1, -0.05) is 58.4 Å². The van der Waals surface area contributed by atoms with Crippen molar-refractivity contribution in [1.29, 1.82) is 0 Å². The summed E-state index contributed by atoms with van der Waals surface area (Å²) < 4.78 is 2.44. The predicted octanol–water partition coefficient (Wildman–Crippen LogP) is 5.12. The first-order chi connectivity index (χ1) is 13.6. The number of amidine groups is 1. The Morgan fingerprint density at radius 1 is 0.964 bits per heavy atom. The van der Waals surface area contributed by atoms with E-state index in [1.807, 2.05) is 79.7 Å². The Labute approximate surface area is 170 Å². The molecule has 0 saturated carbocycles. The summed E-state index contributed by atoms with van der Waals surface area (Å²) in [5.74, 6) is 1.12. The standard InChI is InChI=1S/C22H17BrN4O/c1-15(24-18-13-11-17(23)12-14-18)26-27-21(16-7-3-2-4-8-16)25-20-10-6-5-9-19(20)22(27)28/h2-14H,1H3,(H,24,26). The third-order valence-corrected chi connectivity index (χ3v) is 4.73. The summed E-state index contributed by atoms with van der Waals surface area (Å²) in [5.41, 5.74) is 5.23. The van der Waals surface area contributed by atoms with Crippen molar-refractivity contribution in [2.24, 2.45) is 4.99 Å². The van der Waals surface area contributed by atoms with Gasteiger partial charge in [-0.05, 0) is 43.3 Å². The average molecular weight is 433 g/mol. The van der Waals surface area contributed by atoms with Gasteiger partial charge in [0.25, 0.3) is 5.56 Å². The topological polar surface area (TPSA) is 59.3 Å². The van der Waals surface area contributed by atoms with Gasteiger partial charge in [0.2, 0.25) is 0 Å². The van der Waals surface area contributed by atoms with Crippen LogP contribution >= 0.6 is 15.9 Å². The fourth-order valence-electron chi connectivity index (χ4n) is 2.91. The molecule has 5 nitrogen and oxygen atoms in total. The number of benzene rings is 3. The van der Waals surface area contributed by atoms with E-state index in [0.29, 0.717) is 22.6 Å². The molecule has 0 radical (unpaired) electrons. The summed E-state index contributed by atoms with van der Waals surface area (Å²) >= 11 is 3.42. The number of hydrogen-bond donors (Lipinski definition) is 1. The highest BCUT2D eigenvalue weighted by Crippen LogP contribution is 2.19. The molecule has 0 amide bonds. The van der Waals surface area contributed by atoms with Gasteiger partial charge in [0.1, 0.15) is 5.84 Å². The highest BCUT2D eigenvalue weighted by Gasteiger charge is 2.13. The largest absolute Gasteiger partial charge is 0.280 e. The van der Waals surface area contributed by atoms with E-state index in [1.54, 1.807) is 6.07 Å². The number of aromatic nitrogens is 2. The Morgan fingerprint density at radius 3 is 2.39 bits per heavy atom. The Balaban J connectivity index is 1.84. The Hall–Kier alpha value is -3.25. The molecule has 0 aliphatic rings. The van der Waals surface area contributed by atoms with Gasteiger partial charge in [0, 0.05) is 10.0 Å². The van der Waals surface area contributed by atoms with Crippen LogP contribution in [-0.2, 0) is 0 Å². The molecule has 0 aliphatic heterocycles. The molecule has 0 fully saturated rings. The minimum absolute atomic E-state index is 0.171. The van der Waals surface area contributed by atoms with Crippen LogP contribution in [0.3, 0.4) is 0 Å². The Morgan fingerprint density at radius 2 is 1.64 bits per heavy atom. The van der Waals surface area contributed by atoms with Crippen LogP contribution in [0.1, 0.15) is 6.92 Å². The number of fused-ring (bicyclic) bond motifs is 1. The maximum absolute atomic E-state index is 13.2. The van der Waals surface area contributed by atoms with E-state index < -0.39 is 0 Å². The zero-order valence-corrected chi connectivity index (χ0v) is 16.7. The second-order valence-corrected chi connectivity index (χ2v) is 7.16. The normalized spacial score (nSPS) is 11.6. The summed E-state index contributed by atoms with van der Waals surface area (Å²) in [6.45, 7) is 1.82. The van der Waals surface area contributed by atoms with Gasteiger partial charge in [-0.15, -0.1) is 0 Å². The first-order valence-corrected chi connectivity index (χ1v) is 9.56.